The summed E-state index contributed by atoms with van der Waals surface area (Å²) in [7, 11) is -1.36. The Morgan fingerprint density at radius 2 is 1.04 bits per heavy atom. The van der Waals surface area contributed by atoms with E-state index in [2.05, 4.69) is 60.7 Å². The molecule has 0 N–H and O–H groups in total. The van der Waals surface area contributed by atoms with Crippen LogP contribution in [-0.2, 0) is 16.2 Å². The van der Waals surface area contributed by atoms with Crippen LogP contribution in [-0.4, -0.2) is 18.1 Å². The first kappa shape index (κ1) is 15.4. The molecule has 0 bridgehead atoms. The van der Waals surface area contributed by atoms with Crippen molar-refractivity contribution in [2.75, 3.05) is 0 Å². The lowest BCUT2D eigenvalue weighted by atomic mass is 10.2. The molecular formula is C20H24OSi2. The highest BCUT2D eigenvalue weighted by molar-refractivity contribution is 6.68. The molecule has 2 saturated carbocycles. The van der Waals surface area contributed by atoms with E-state index in [1.807, 2.05) is 0 Å². The minimum Gasteiger partial charge on any atom is -0.455 e. The first-order valence-corrected chi connectivity index (χ1v) is 12.2. The van der Waals surface area contributed by atoms with Gasteiger partial charge >= 0.3 is 0 Å². The maximum Gasteiger partial charge on any atom is 0.205 e. The molecule has 2 aromatic carbocycles. The summed E-state index contributed by atoms with van der Waals surface area (Å²) in [4.78, 5) is 0. The molecule has 0 atom stereocenters. The number of rotatable bonds is 8. The van der Waals surface area contributed by atoms with Crippen molar-refractivity contribution in [1.29, 1.82) is 0 Å². The van der Waals surface area contributed by atoms with Gasteiger partial charge in [0.15, 0.2) is 0 Å². The second-order valence-electron chi connectivity index (χ2n) is 6.91. The van der Waals surface area contributed by atoms with Crippen molar-refractivity contribution in [2.24, 2.45) is 0 Å². The highest BCUT2D eigenvalue weighted by atomic mass is 28.4. The van der Waals surface area contributed by atoms with Gasteiger partial charge in [-0.05, 0) is 34.3 Å². The lowest BCUT2D eigenvalue weighted by Gasteiger charge is -2.22. The Hall–Kier alpha value is -1.17. The zero-order valence-corrected chi connectivity index (χ0v) is 15.6. The van der Waals surface area contributed by atoms with Crippen molar-refractivity contribution in [3.8, 4) is 0 Å². The average molecular weight is 337 g/mol. The van der Waals surface area contributed by atoms with E-state index in [-0.39, 0.29) is 0 Å². The average Bonchev–Trinajstić information content (AvgIpc) is 3.49. The highest BCUT2D eigenvalue weighted by Crippen LogP contribution is 2.45. The topological polar surface area (TPSA) is 9.23 Å². The maximum atomic E-state index is 6.91. The molecule has 0 unspecified atom stereocenters. The Morgan fingerprint density at radius 1 is 0.652 bits per heavy atom. The molecule has 0 heterocycles. The Bertz CT molecular complexity index is 553. The zero-order chi connectivity index (χ0) is 15.5. The van der Waals surface area contributed by atoms with Crippen LogP contribution in [0.15, 0.2) is 60.7 Å². The van der Waals surface area contributed by atoms with Crippen molar-refractivity contribution in [1.82, 2.24) is 0 Å². The quantitative estimate of drug-likeness (QED) is 0.624. The number of hydrogen-bond donors (Lipinski definition) is 0. The molecule has 2 aliphatic carbocycles. The Labute approximate surface area is 143 Å². The van der Waals surface area contributed by atoms with Crippen molar-refractivity contribution < 1.29 is 4.12 Å². The minimum absolute atomic E-state index is 0.680. The number of hydrogen-bond acceptors (Lipinski definition) is 1. The predicted molar refractivity (Wildman–Crippen MR) is 98.9 cm³/mol. The maximum absolute atomic E-state index is 6.91. The lowest BCUT2D eigenvalue weighted by molar-refractivity contribution is 0.565. The summed E-state index contributed by atoms with van der Waals surface area (Å²) in [5.74, 6) is 0. The molecule has 4 rings (SSSR count). The van der Waals surface area contributed by atoms with Gasteiger partial charge in [0.1, 0.15) is 0 Å². The third-order valence-corrected chi connectivity index (χ3v) is 11.4. The van der Waals surface area contributed by atoms with Gasteiger partial charge in [-0.3, -0.25) is 0 Å². The minimum atomic E-state index is -0.680. The third kappa shape index (κ3) is 4.43. The summed E-state index contributed by atoms with van der Waals surface area (Å²) in [6.45, 7) is 0. The zero-order valence-electron chi connectivity index (χ0n) is 13.6. The first-order chi connectivity index (χ1) is 11.4. The molecule has 0 spiro atoms. The van der Waals surface area contributed by atoms with Crippen LogP contribution in [0.3, 0.4) is 0 Å². The highest BCUT2D eigenvalue weighted by Gasteiger charge is 2.41. The van der Waals surface area contributed by atoms with Gasteiger partial charge < -0.3 is 4.12 Å². The first-order valence-electron chi connectivity index (χ1n) is 8.85. The fourth-order valence-corrected chi connectivity index (χ4v) is 9.83. The van der Waals surface area contributed by atoms with Gasteiger partial charge in [-0.2, -0.15) is 0 Å². The van der Waals surface area contributed by atoms with Crippen LogP contribution >= 0.6 is 0 Å². The molecule has 2 fully saturated rings. The standard InChI is InChI=1S/C20H24OSi2/c1-3-7-17(8-4-1)15-22(19-11-12-19)21-23(20-13-14-20)16-18-9-5-2-6-10-18/h1-10,19-20H,11-16H2. The summed E-state index contributed by atoms with van der Waals surface area (Å²) in [5, 5.41) is 0. The van der Waals surface area contributed by atoms with E-state index in [0.29, 0.717) is 0 Å². The monoisotopic (exact) mass is 336 g/mol. The van der Waals surface area contributed by atoms with Crippen molar-refractivity contribution in [3.63, 3.8) is 0 Å². The molecule has 0 aromatic heterocycles. The van der Waals surface area contributed by atoms with Crippen LogP contribution in [0.5, 0.6) is 0 Å². The normalized spacial score (nSPS) is 17.8. The van der Waals surface area contributed by atoms with Crippen molar-refractivity contribution in [2.45, 2.75) is 48.9 Å². The van der Waals surface area contributed by atoms with E-state index in [4.69, 9.17) is 4.12 Å². The molecule has 1 nitrogen and oxygen atoms in total. The molecule has 118 valence electrons. The summed E-state index contributed by atoms with van der Waals surface area (Å²) < 4.78 is 6.91. The molecule has 0 amide bonds. The molecule has 3 heteroatoms. The van der Waals surface area contributed by atoms with E-state index in [1.54, 1.807) is 0 Å². The molecular weight excluding hydrogens is 312 g/mol. The van der Waals surface area contributed by atoms with Crippen molar-refractivity contribution >= 4 is 18.1 Å². The summed E-state index contributed by atoms with van der Waals surface area (Å²) in [6.07, 6.45) is 5.64. The van der Waals surface area contributed by atoms with E-state index in [1.165, 1.54) is 48.9 Å². The fourth-order valence-electron chi connectivity index (χ4n) is 3.10. The SMILES string of the molecule is c1ccc(C[Si](O[Si](Cc2ccccc2)C2CC2)C2CC2)cc1. The van der Waals surface area contributed by atoms with Crippen molar-refractivity contribution in [3.05, 3.63) is 71.8 Å². The van der Waals surface area contributed by atoms with Gasteiger partial charge in [0.2, 0.25) is 18.1 Å². The summed E-state index contributed by atoms with van der Waals surface area (Å²) >= 11 is 0. The second kappa shape index (κ2) is 7.16. The van der Waals surface area contributed by atoms with Crippen LogP contribution < -0.4 is 0 Å². The molecule has 2 radical (unpaired) electrons. The summed E-state index contributed by atoms with van der Waals surface area (Å²) in [6, 6.07) is 24.4. The lowest BCUT2D eigenvalue weighted by Crippen LogP contribution is -2.34. The second-order valence-corrected chi connectivity index (χ2v) is 11.9. The van der Waals surface area contributed by atoms with E-state index >= 15 is 0 Å². The molecule has 0 saturated heterocycles. The predicted octanol–water partition coefficient (Wildman–Crippen LogP) is 4.88. The fraction of sp³-hybridized carbons (Fsp3) is 0.400. The largest absolute Gasteiger partial charge is 0.455 e. The Morgan fingerprint density at radius 3 is 1.39 bits per heavy atom. The van der Waals surface area contributed by atoms with E-state index in [0.717, 1.165) is 11.1 Å². The van der Waals surface area contributed by atoms with Crippen LogP contribution in [0.2, 0.25) is 11.1 Å². The van der Waals surface area contributed by atoms with Crippen LogP contribution in [0.25, 0.3) is 0 Å². The van der Waals surface area contributed by atoms with E-state index in [9.17, 15) is 0 Å². The van der Waals surface area contributed by atoms with Gasteiger partial charge in [0.25, 0.3) is 0 Å². The number of benzene rings is 2. The van der Waals surface area contributed by atoms with Gasteiger partial charge in [-0.1, -0.05) is 86.3 Å². The van der Waals surface area contributed by atoms with Crippen LogP contribution in [0, 0.1) is 0 Å². The van der Waals surface area contributed by atoms with Crippen LogP contribution in [0.1, 0.15) is 36.8 Å². The van der Waals surface area contributed by atoms with Gasteiger partial charge in [0, 0.05) is 0 Å². The van der Waals surface area contributed by atoms with Gasteiger partial charge in [0.05, 0.1) is 0 Å². The Balaban J connectivity index is 1.43. The summed E-state index contributed by atoms with van der Waals surface area (Å²) in [5.41, 5.74) is 4.78. The van der Waals surface area contributed by atoms with Gasteiger partial charge in [-0.15, -0.1) is 0 Å². The molecule has 23 heavy (non-hydrogen) atoms. The molecule has 0 aliphatic heterocycles. The van der Waals surface area contributed by atoms with E-state index < -0.39 is 18.1 Å². The molecule has 2 aliphatic rings. The van der Waals surface area contributed by atoms with Gasteiger partial charge in [-0.25, -0.2) is 0 Å². The van der Waals surface area contributed by atoms with Crippen LogP contribution in [0.4, 0.5) is 0 Å². The third-order valence-electron chi connectivity index (χ3n) is 4.77. The smallest absolute Gasteiger partial charge is 0.205 e. The Kier molecular flexibility index (Phi) is 4.78. The molecule has 2 aromatic rings.